The SMILES string of the molecule is CCC(CC)NC(=O)N1CCC2(CC(=O)c3ccccc3O2)C1. The number of carbonyl (C=O) groups excluding carboxylic acids is 2. The standard InChI is InChI=1S/C18H24N2O3/c1-3-13(4-2)19-17(22)20-10-9-18(12-20)11-15(21)14-7-5-6-8-16(14)23-18/h5-8,13H,3-4,9-12H2,1-2H3,(H,19,22). The number of likely N-dealkylation sites (tertiary alicyclic amines) is 1. The van der Waals surface area contributed by atoms with Crippen LogP contribution in [0.3, 0.4) is 0 Å². The van der Waals surface area contributed by atoms with Gasteiger partial charge in [0.2, 0.25) is 0 Å². The molecule has 0 radical (unpaired) electrons. The van der Waals surface area contributed by atoms with E-state index in [0.717, 1.165) is 12.8 Å². The van der Waals surface area contributed by atoms with Gasteiger partial charge in [0.25, 0.3) is 0 Å². The van der Waals surface area contributed by atoms with Crippen LogP contribution in [0.5, 0.6) is 5.75 Å². The van der Waals surface area contributed by atoms with Crippen molar-refractivity contribution in [3.8, 4) is 5.75 Å². The Balaban J connectivity index is 1.70. The topological polar surface area (TPSA) is 58.6 Å². The van der Waals surface area contributed by atoms with Gasteiger partial charge in [-0.15, -0.1) is 0 Å². The van der Waals surface area contributed by atoms with Crippen molar-refractivity contribution in [2.75, 3.05) is 13.1 Å². The number of nitrogens with one attached hydrogen (secondary N) is 1. The van der Waals surface area contributed by atoms with E-state index in [-0.39, 0.29) is 17.9 Å². The highest BCUT2D eigenvalue weighted by Gasteiger charge is 2.47. The number of carbonyl (C=O) groups is 2. The van der Waals surface area contributed by atoms with Crippen LogP contribution in [0.25, 0.3) is 0 Å². The van der Waals surface area contributed by atoms with E-state index in [0.29, 0.717) is 37.2 Å². The van der Waals surface area contributed by atoms with Crippen molar-refractivity contribution in [3.05, 3.63) is 29.8 Å². The van der Waals surface area contributed by atoms with Crippen molar-refractivity contribution >= 4 is 11.8 Å². The Kier molecular flexibility index (Phi) is 4.28. The largest absolute Gasteiger partial charge is 0.484 e. The molecule has 1 spiro atoms. The summed E-state index contributed by atoms with van der Waals surface area (Å²) in [6.45, 7) is 5.24. The van der Waals surface area contributed by atoms with Crippen LogP contribution in [0.15, 0.2) is 24.3 Å². The van der Waals surface area contributed by atoms with E-state index in [2.05, 4.69) is 19.2 Å². The summed E-state index contributed by atoms with van der Waals surface area (Å²) in [5.41, 5.74) is 0.0922. The molecule has 124 valence electrons. The fraction of sp³-hybridized carbons (Fsp3) is 0.556. The van der Waals surface area contributed by atoms with Gasteiger partial charge in [-0.2, -0.15) is 0 Å². The lowest BCUT2D eigenvalue weighted by atomic mass is 9.89. The fourth-order valence-corrected chi connectivity index (χ4v) is 3.45. The van der Waals surface area contributed by atoms with Gasteiger partial charge in [-0.05, 0) is 25.0 Å². The third-order valence-corrected chi connectivity index (χ3v) is 4.91. The smallest absolute Gasteiger partial charge is 0.317 e. The van der Waals surface area contributed by atoms with Gasteiger partial charge in [0.05, 0.1) is 18.5 Å². The average molecular weight is 316 g/mol. The number of ether oxygens (including phenoxy) is 1. The summed E-state index contributed by atoms with van der Waals surface area (Å²) in [4.78, 5) is 26.6. The molecule has 23 heavy (non-hydrogen) atoms. The molecular weight excluding hydrogens is 292 g/mol. The molecule has 1 unspecified atom stereocenters. The molecule has 1 aromatic rings. The molecule has 2 aliphatic heterocycles. The second-order valence-electron chi connectivity index (χ2n) is 6.52. The van der Waals surface area contributed by atoms with Crippen LogP contribution < -0.4 is 10.1 Å². The van der Waals surface area contributed by atoms with E-state index in [4.69, 9.17) is 4.74 Å². The maximum Gasteiger partial charge on any atom is 0.317 e. The molecule has 2 heterocycles. The van der Waals surface area contributed by atoms with Crippen LogP contribution in [0.4, 0.5) is 4.79 Å². The first-order valence-corrected chi connectivity index (χ1v) is 8.43. The number of rotatable bonds is 3. The maximum atomic E-state index is 12.4. The number of nitrogens with zero attached hydrogens (tertiary/aromatic N) is 1. The Morgan fingerprint density at radius 3 is 2.83 bits per heavy atom. The molecule has 5 nitrogen and oxygen atoms in total. The normalized spacial score (nSPS) is 23.1. The maximum absolute atomic E-state index is 12.4. The van der Waals surface area contributed by atoms with Gasteiger partial charge in [0.15, 0.2) is 5.78 Å². The van der Waals surface area contributed by atoms with E-state index in [9.17, 15) is 9.59 Å². The van der Waals surface area contributed by atoms with E-state index in [1.807, 2.05) is 18.2 Å². The second kappa shape index (κ2) is 6.22. The minimum absolute atomic E-state index is 0.0505. The zero-order valence-corrected chi connectivity index (χ0v) is 13.8. The molecule has 1 saturated heterocycles. The third kappa shape index (κ3) is 3.05. The van der Waals surface area contributed by atoms with E-state index in [1.54, 1.807) is 11.0 Å². The number of fused-ring (bicyclic) bond motifs is 1. The Morgan fingerprint density at radius 2 is 2.09 bits per heavy atom. The van der Waals surface area contributed by atoms with Crippen LogP contribution in [-0.2, 0) is 0 Å². The molecule has 0 bridgehead atoms. The summed E-state index contributed by atoms with van der Waals surface area (Å²) in [5.74, 6) is 0.750. The van der Waals surface area contributed by atoms with E-state index >= 15 is 0 Å². The first-order valence-electron chi connectivity index (χ1n) is 8.43. The van der Waals surface area contributed by atoms with Crippen LogP contribution in [0.1, 0.15) is 49.9 Å². The Labute approximate surface area is 137 Å². The molecule has 0 aliphatic carbocycles. The Morgan fingerprint density at radius 1 is 1.35 bits per heavy atom. The molecule has 1 aromatic carbocycles. The molecule has 1 fully saturated rings. The third-order valence-electron chi connectivity index (χ3n) is 4.91. The monoisotopic (exact) mass is 316 g/mol. The number of ketones is 1. The lowest BCUT2D eigenvalue weighted by Gasteiger charge is -2.34. The summed E-state index contributed by atoms with van der Waals surface area (Å²) < 4.78 is 6.15. The van der Waals surface area contributed by atoms with Crippen molar-refractivity contribution in [2.45, 2.75) is 51.2 Å². The van der Waals surface area contributed by atoms with Crippen molar-refractivity contribution in [2.24, 2.45) is 0 Å². The van der Waals surface area contributed by atoms with Crippen LogP contribution >= 0.6 is 0 Å². The van der Waals surface area contributed by atoms with E-state index < -0.39 is 5.60 Å². The molecule has 0 saturated carbocycles. The highest BCUT2D eigenvalue weighted by atomic mass is 16.5. The van der Waals surface area contributed by atoms with Gasteiger partial charge in [-0.3, -0.25) is 4.79 Å². The lowest BCUT2D eigenvalue weighted by Crippen LogP contribution is -2.48. The predicted octanol–water partition coefficient (Wildman–Crippen LogP) is 2.99. The summed E-state index contributed by atoms with van der Waals surface area (Å²) in [5, 5.41) is 3.06. The number of amides is 2. The number of urea groups is 1. The quantitative estimate of drug-likeness (QED) is 0.932. The predicted molar refractivity (Wildman–Crippen MR) is 87.8 cm³/mol. The number of hydrogen-bond donors (Lipinski definition) is 1. The number of para-hydroxylation sites is 1. The minimum Gasteiger partial charge on any atom is -0.484 e. The molecule has 1 atom stereocenters. The van der Waals surface area contributed by atoms with Crippen molar-refractivity contribution in [1.82, 2.24) is 10.2 Å². The molecule has 0 aromatic heterocycles. The highest BCUT2D eigenvalue weighted by Crippen LogP contribution is 2.38. The minimum atomic E-state index is -0.559. The molecule has 2 amide bonds. The molecule has 3 rings (SSSR count). The first-order chi connectivity index (χ1) is 11.1. The summed E-state index contributed by atoms with van der Waals surface area (Å²) >= 11 is 0. The molecular formula is C18H24N2O3. The summed E-state index contributed by atoms with van der Waals surface area (Å²) in [6, 6.07) is 7.51. The van der Waals surface area contributed by atoms with Crippen molar-refractivity contribution in [1.29, 1.82) is 0 Å². The zero-order valence-electron chi connectivity index (χ0n) is 13.8. The summed E-state index contributed by atoms with van der Waals surface area (Å²) in [7, 11) is 0. The van der Waals surface area contributed by atoms with Crippen molar-refractivity contribution in [3.63, 3.8) is 0 Å². The Bertz CT molecular complexity index is 612. The lowest BCUT2D eigenvalue weighted by molar-refractivity contribution is 0.0477. The average Bonchev–Trinajstić information content (AvgIpc) is 2.95. The highest BCUT2D eigenvalue weighted by molar-refractivity contribution is 6.00. The van der Waals surface area contributed by atoms with Gasteiger partial charge in [0, 0.05) is 19.0 Å². The number of Topliss-reactive ketones (excluding diaryl/α,β-unsaturated/α-hetero) is 1. The first kappa shape index (κ1) is 15.8. The van der Waals surface area contributed by atoms with Crippen molar-refractivity contribution < 1.29 is 14.3 Å². The number of hydrogen-bond acceptors (Lipinski definition) is 3. The summed E-state index contributed by atoms with van der Waals surface area (Å²) in [6.07, 6.45) is 2.88. The Hall–Kier alpha value is -2.04. The van der Waals surface area contributed by atoms with Gasteiger partial charge in [0.1, 0.15) is 11.4 Å². The van der Waals surface area contributed by atoms with Crippen LogP contribution in [0, 0.1) is 0 Å². The zero-order chi connectivity index (χ0) is 16.4. The van der Waals surface area contributed by atoms with Gasteiger partial charge >= 0.3 is 6.03 Å². The van der Waals surface area contributed by atoms with Crippen LogP contribution in [0.2, 0.25) is 0 Å². The molecule has 5 heteroatoms. The van der Waals surface area contributed by atoms with Gasteiger partial charge in [-0.25, -0.2) is 4.79 Å². The van der Waals surface area contributed by atoms with Gasteiger partial charge < -0.3 is 15.0 Å². The van der Waals surface area contributed by atoms with Gasteiger partial charge in [-0.1, -0.05) is 26.0 Å². The van der Waals surface area contributed by atoms with E-state index in [1.165, 1.54) is 0 Å². The van der Waals surface area contributed by atoms with Crippen LogP contribution in [-0.4, -0.2) is 41.4 Å². The fourth-order valence-electron chi connectivity index (χ4n) is 3.45. The number of benzene rings is 1. The molecule has 1 N–H and O–H groups in total. The second-order valence-corrected chi connectivity index (χ2v) is 6.52. The molecule has 2 aliphatic rings.